The monoisotopic (exact) mass is 224 g/mol. The van der Waals surface area contributed by atoms with Gasteiger partial charge in [-0.3, -0.25) is 0 Å². The van der Waals surface area contributed by atoms with Gasteiger partial charge in [-0.25, -0.2) is 0 Å². The predicted octanol–water partition coefficient (Wildman–Crippen LogP) is 4.77. The first kappa shape index (κ1) is 10.8. The van der Waals surface area contributed by atoms with Crippen molar-refractivity contribution in [2.24, 2.45) is 5.92 Å². The molecule has 1 fully saturated rings. The summed E-state index contributed by atoms with van der Waals surface area (Å²) >= 11 is 0. The van der Waals surface area contributed by atoms with E-state index in [4.69, 9.17) is 0 Å². The third kappa shape index (κ3) is 1.97. The molecule has 0 aliphatic heterocycles. The van der Waals surface area contributed by atoms with Gasteiger partial charge in [0.25, 0.3) is 0 Å². The van der Waals surface area contributed by atoms with Crippen molar-refractivity contribution in [3.63, 3.8) is 0 Å². The Kier molecular flexibility index (Phi) is 2.66. The van der Waals surface area contributed by atoms with Crippen LogP contribution in [0.4, 0.5) is 0 Å². The largest absolute Gasteiger partial charge is 0.0744 e. The lowest BCUT2D eigenvalue weighted by Crippen LogP contribution is -2.14. The summed E-state index contributed by atoms with van der Waals surface area (Å²) in [6, 6.07) is 9.12. The first-order chi connectivity index (χ1) is 8.24. The normalized spacial score (nSPS) is 27.4. The van der Waals surface area contributed by atoms with Crippen LogP contribution in [0.5, 0.6) is 0 Å². The highest BCUT2D eigenvalue weighted by Gasteiger charge is 2.29. The average molecular weight is 224 g/mol. The number of rotatable bonds is 1. The van der Waals surface area contributed by atoms with E-state index in [1.807, 2.05) is 0 Å². The Labute approximate surface area is 104 Å². The van der Waals surface area contributed by atoms with E-state index in [1.54, 1.807) is 5.57 Å². The molecule has 0 spiro atoms. The zero-order chi connectivity index (χ0) is 11.8. The van der Waals surface area contributed by atoms with Gasteiger partial charge in [-0.1, -0.05) is 59.5 Å². The van der Waals surface area contributed by atoms with Gasteiger partial charge in [-0.2, -0.15) is 0 Å². The molecule has 0 saturated heterocycles. The van der Waals surface area contributed by atoms with Crippen LogP contribution in [0, 0.1) is 12.8 Å². The fraction of sp³-hybridized carbons (Fsp3) is 0.412. The molecule has 0 heterocycles. The quantitative estimate of drug-likeness (QED) is 0.645. The van der Waals surface area contributed by atoms with E-state index in [-0.39, 0.29) is 0 Å². The molecular weight excluding hydrogens is 204 g/mol. The lowest BCUT2D eigenvalue weighted by molar-refractivity contribution is 0.480. The molecule has 2 aliphatic rings. The van der Waals surface area contributed by atoms with Crippen LogP contribution in [-0.4, -0.2) is 0 Å². The molecule has 1 aromatic carbocycles. The summed E-state index contributed by atoms with van der Waals surface area (Å²) in [7, 11) is 0. The number of aryl methyl sites for hydroxylation is 1. The number of hydrogen-bond donors (Lipinski definition) is 0. The Bertz CT molecular complexity index is 473. The van der Waals surface area contributed by atoms with E-state index in [9.17, 15) is 0 Å². The van der Waals surface area contributed by atoms with Crippen LogP contribution in [0.1, 0.15) is 43.2 Å². The maximum absolute atomic E-state index is 2.45. The number of fused-ring (bicyclic) bond motifs is 1. The van der Waals surface area contributed by atoms with Crippen LogP contribution in [-0.2, 0) is 0 Å². The molecule has 2 aliphatic carbocycles. The molecule has 0 N–H and O–H groups in total. The first-order valence-electron chi connectivity index (χ1n) is 6.70. The molecule has 2 atom stereocenters. The minimum atomic E-state index is 0.669. The second-order valence-electron chi connectivity index (χ2n) is 5.56. The van der Waals surface area contributed by atoms with E-state index < -0.39 is 0 Å². The molecule has 1 saturated carbocycles. The summed E-state index contributed by atoms with van der Waals surface area (Å²) in [5.41, 5.74) is 5.99. The highest BCUT2D eigenvalue weighted by molar-refractivity contribution is 5.43. The van der Waals surface area contributed by atoms with Crippen molar-refractivity contribution in [3.05, 3.63) is 58.7 Å². The van der Waals surface area contributed by atoms with Crippen molar-refractivity contribution < 1.29 is 0 Å². The van der Waals surface area contributed by atoms with Crippen molar-refractivity contribution in [1.82, 2.24) is 0 Å². The Hall–Kier alpha value is -1.30. The van der Waals surface area contributed by atoms with Gasteiger partial charge in [0, 0.05) is 5.92 Å². The molecule has 2 unspecified atom stereocenters. The van der Waals surface area contributed by atoms with E-state index >= 15 is 0 Å². The lowest BCUT2D eigenvalue weighted by Gasteiger charge is -2.29. The van der Waals surface area contributed by atoms with Crippen LogP contribution >= 0.6 is 0 Å². The van der Waals surface area contributed by atoms with Crippen LogP contribution in [0.25, 0.3) is 0 Å². The van der Waals surface area contributed by atoms with Gasteiger partial charge in [-0.15, -0.1) is 0 Å². The highest BCUT2D eigenvalue weighted by Crippen LogP contribution is 2.45. The maximum atomic E-state index is 2.45. The summed E-state index contributed by atoms with van der Waals surface area (Å²) in [6.07, 6.45) is 8.92. The first-order valence-corrected chi connectivity index (χ1v) is 6.70. The van der Waals surface area contributed by atoms with Crippen LogP contribution in [0.2, 0.25) is 0 Å². The molecule has 0 radical (unpaired) electrons. The summed E-state index contributed by atoms with van der Waals surface area (Å²) < 4.78 is 0. The van der Waals surface area contributed by atoms with Gasteiger partial charge >= 0.3 is 0 Å². The van der Waals surface area contributed by atoms with Crippen molar-refractivity contribution in [2.75, 3.05) is 0 Å². The Morgan fingerprint density at radius 2 is 1.76 bits per heavy atom. The van der Waals surface area contributed by atoms with Gasteiger partial charge in [0.2, 0.25) is 0 Å². The molecule has 0 heteroatoms. The zero-order valence-corrected chi connectivity index (χ0v) is 10.7. The van der Waals surface area contributed by atoms with E-state index in [1.165, 1.54) is 36.0 Å². The van der Waals surface area contributed by atoms with E-state index in [0.717, 1.165) is 5.92 Å². The summed E-state index contributed by atoms with van der Waals surface area (Å²) in [6.45, 7) is 4.39. The van der Waals surface area contributed by atoms with E-state index in [2.05, 4.69) is 50.3 Å². The number of hydrogen-bond acceptors (Lipinski definition) is 0. The molecule has 88 valence electrons. The molecule has 1 aromatic rings. The van der Waals surface area contributed by atoms with Crippen molar-refractivity contribution in [2.45, 2.75) is 39.0 Å². The fourth-order valence-corrected chi connectivity index (χ4v) is 3.31. The number of benzene rings is 1. The van der Waals surface area contributed by atoms with Gasteiger partial charge in [0.1, 0.15) is 0 Å². The third-order valence-corrected chi connectivity index (χ3v) is 4.18. The zero-order valence-electron chi connectivity index (χ0n) is 10.7. The molecule has 3 rings (SSSR count). The standard InChI is InChI=1S/C17H20/c1-12-6-8-14(9-7-12)16-5-3-4-15-10-13(2)11-17(15)16/h6-11,15-16H,3-5H2,1-2H3. The maximum Gasteiger partial charge on any atom is 0.00572 e. The Balaban J connectivity index is 1.93. The molecule has 17 heavy (non-hydrogen) atoms. The predicted molar refractivity (Wildman–Crippen MR) is 73.1 cm³/mol. The lowest BCUT2D eigenvalue weighted by atomic mass is 9.75. The van der Waals surface area contributed by atoms with Gasteiger partial charge in [0.05, 0.1) is 0 Å². The number of allylic oxidation sites excluding steroid dienone is 4. The molecular formula is C17H20. The van der Waals surface area contributed by atoms with Gasteiger partial charge in [0.15, 0.2) is 0 Å². The minimum Gasteiger partial charge on any atom is -0.0744 e. The second-order valence-corrected chi connectivity index (χ2v) is 5.56. The summed E-state index contributed by atoms with van der Waals surface area (Å²) in [5.74, 6) is 1.40. The Morgan fingerprint density at radius 1 is 1.00 bits per heavy atom. The SMILES string of the molecule is CC1=CC2CCCC(c3ccc(C)cc3)C2=C1. The minimum absolute atomic E-state index is 0.669. The molecule has 0 amide bonds. The molecule has 0 bridgehead atoms. The van der Waals surface area contributed by atoms with E-state index in [0.29, 0.717) is 5.92 Å². The molecule has 0 aromatic heterocycles. The second kappa shape index (κ2) is 4.18. The van der Waals surface area contributed by atoms with Crippen LogP contribution in [0.15, 0.2) is 47.6 Å². The highest BCUT2D eigenvalue weighted by atomic mass is 14.3. The van der Waals surface area contributed by atoms with Gasteiger partial charge < -0.3 is 0 Å². The topological polar surface area (TPSA) is 0 Å². The smallest absolute Gasteiger partial charge is 0.00572 e. The van der Waals surface area contributed by atoms with Gasteiger partial charge in [-0.05, 0) is 38.2 Å². The third-order valence-electron chi connectivity index (χ3n) is 4.18. The summed E-state index contributed by atoms with van der Waals surface area (Å²) in [5, 5.41) is 0. The van der Waals surface area contributed by atoms with Crippen molar-refractivity contribution >= 4 is 0 Å². The average Bonchev–Trinajstić information content (AvgIpc) is 2.70. The van der Waals surface area contributed by atoms with Crippen molar-refractivity contribution in [1.29, 1.82) is 0 Å². The van der Waals surface area contributed by atoms with Crippen LogP contribution < -0.4 is 0 Å². The Morgan fingerprint density at radius 3 is 2.53 bits per heavy atom. The fourth-order valence-electron chi connectivity index (χ4n) is 3.31. The van der Waals surface area contributed by atoms with Crippen LogP contribution in [0.3, 0.4) is 0 Å². The van der Waals surface area contributed by atoms with Crippen molar-refractivity contribution in [3.8, 4) is 0 Å². The summed E-state index contributed by atoms with van der Waals surface area (Å²) in [4.78, 5) is 0. The molecule has 0 nitrogen and oxygen atoms in total.